The summed E-state index contributed by atoms with van der Waals surface area (Å²) < 4.78 is 1.74. The highest BCUT2D eigenvalue weighted by atomic mass is 16.3. The van der Waals surface area contributed by atoms with Gasteiger partial charge in [-0.25, -0.2) is 4.68 Å². The minimum Gasteiger partial charge on any atom is -0.394 e. The molecule has 0 aliphatic carbocycles. The maximum atomic E-state index is 12.6. The van der Waals surface area contributed by atoms with Crippen LogP contribution in [0.4, 0.5) is 0 Å². The van der Waals surface area contributed by atoms with Crippen molar-refractivity contribution in [3.05, 3.63) is 102 Å². The van der Waals surface area contributed by atoms with E-state index in [0.29, 0.717) is 39.0 Å². The highest BCUT2D eigenvalue weighted by molar-refractivity contribution is 5.78. The molecule has 3 heterocycles. The van der Waals surface area contributed by atoms with Gasteiger partial charge in [0.05, 0.1) is 48.1 Å². The van der Waals surface area contributed by atoms with E-state index in [-0.39, 0.29) is 12.5 Å². The summed E-state index contributed by atoms with van der Waals surface area (Å²) in [5.74, 6) is 0.0411. The summed E-state index contributed by atoms with van der Waals surface area (Å²) in [4.78, 5) is 25.5. The van der Waals surface area contributed by atoms with Crippen molar-refractivity contribution in [3.8, 4) is 5.69 Å². The van der Waals surface area contributed by atoms with Gasteiger partial charge in [0.1, 0.15) is 0 Å². The molecule has 0 spiro atoms. The van der Waals surface area contributed by atoms with Crippen LogP contribution in [-0.4, -0.2) is 77.2 Å². The van der Waals surface area contributed by atoms with E-state index in [9.17, 15) is 9.90 Å². The van der Waals surface area contributed by atoms with Crippen LogP contribution in [0.2, 0.25) is 0 Å². The Bertz CT molecular complexity index is 1260. The first-order valence-electron chi connectivity index (χ1n) is 13.6. The number of carbonyl (C=O) groups is 1. The van der Waals surface area contributed by atoms with E-state index in [2.05, 4.69) is 25.2 Å². The van der Waals surface area contributed by atoms with Crippen LogP contribution in [0.1, 0.15) is 41.9 Å². The van der Waals surface area contributed by atoms with E-state index in [1.165, 1.54) is 0 Å². The second kappa shape index (κ2) is 15.0. The fraction of sp³-hybridized carbons (Fsp3) is 0.367. The van der Waals surface area contributed by atoms with Crippen molar-refractivity contribution in [2.75, 3.05) is 20.2 Å². The van der Waals surface area contributed by atoms with Gasteiger partial charge in [-0.05, 0) is 61.2 Å². The van der Waals surface area contributed by atoms with Crippen LogP contribution in [-0.2, 0) is 30.8 Å². The second-order valence-electron chi connectivity index (χ2n) is 9.93. The highest BCUT2D eigenvalue weighted by Crippen LogP contribution is 2.14. The molecule has 210 valence electrons. The van der Waals surface area contributed by atoms with Crippen molar-refractivity contribution < 1.29 is 15.0 Å². The van der Waals surface area contributed by atoms with Crippen LogP contribution in [0, 0.1) is 0 Å². The van der Waals surface area contributed by atoms with Gasteiger partial charge in [0.25, 0.3) is 0 Å². The minimum absolute atomic E-state index is 0.0411. The fourth-order valence-electron chi connectivity index (χ4n) is 4.36. The van der Waals surface area contributed by atoms with Gasteiger partial charge in [0.15, 0.2) is 0 Å². The van der Waals surface area contributed by atoms with Gasteiger partial charge in [0.2, 0.25) is 5.91 Å². The van der Waals surface area contributed by atoms with Gasteiger partial charge in [-0.3, -0.25) is 19.7 Å². The monoisotopic (exact) mass is 543 g/mol. The third-order valence-corrected chi connectivity index (χ3v) is 6.62. The van der Waals surface area contributed by atoms with Crippen LogP contribution < -0.4 is 0 Å². The molecule has 0 unspecified atom stereocenters. The van der Waals surface area contributed by atoms with E-state index in [1.807, 2.05) is 66.9 Å². The molecule has 1 atom stereocenters. The Hall–Kier alpha value is -3.99. The molecule has 0 fully saturated rings. The average molecular weight is 544 g/mol. The van der Waals surface area contributed by atoms with Crippen molar-refractivity contribution >= 4 is 5.91 Å². The van der Waals surface area contributed by atoms with Crippen LogP contribution in [0.15, 0.2) is 79.3 Å². The Kier molecular flexibility index (Phi) is 10.9. The molecule has 2 N–H and O–H groups in total. The van der Waals surface area contributed by atoms with E-state index in [0.717, 1.165) is 41.2 Å². The van der Waals surface area contributed by atoms with E-state index < -0.39 is 6.10 Å². The number of aliphatic hydroxyl groups excluding tert-OH is 2. The SMILES string of the molecule is CN(CCCC[C@H](O)CO)C(=O)Cc1ccc(-n2cc(CN(Cc3ccccn3)Cc3ccccn3)nn2)cc1. The Morgan fingerprint density at radius 1 is 0.900 bits per heavy atom. The summed E-state index contributed by atoms with van der Waals surface area (Å²) >= 11 is 0. The molecule has 10 nitrogen and oxygen atoms in total. The number of aromatic nitrogens is 5. The lowest BCUT2D eigenvalue weighted by Crippen LogP contribution is -2.29. The number of hydrogen-bond donors (Lipinski definition) is 2. The molecule has 4 aromatic rings. The minimum atomic E-state index is -0.683. The number of likely N-dealkylation sites (N-methyl/N-ethyl adjacent to an activating group) is 1. The molecule has 0 aliphatic heterocycles. The standard InChI is InChI=1S/C30H37N7O3/c1-35(17-7-4-10-29(39)23-38)30(40)18-24-11-13-28(14-12-24)37-22-27(33-34-37)21-36(19-25-8-2-5-15-31-25)20-26-9-3-6-16-32-26/h2-3,5-6,8-9,11-16,22,29,38-39H,4,7,10,17-21,23H2,1H3/t29-/m0/s1. The van der Waals surface area contributed by atoms with Crippen molar-refractivity contribution in [3.63, 3.8) is 0 Å². The highest BCUT2D eigenvalue weighted by Gasteiger charge is 2.14. The van der Waals surface area contributed by atoms with Crippen LogP contribution >= 0.6 is 0 Å². The Balaban J connectivity index is 1.33. The molecule has 0 saturated heterocycles. The molecule has 1 aromatic carbocycles. The topological polar surface area (TPSA) is 120 Å². The fourth-order valence-corrected chi connectivity index (χ4v) is 4.36. The number of aliphatic hydroxyl groups is 2. The summed E-state index contributed by atoms with van der Waals surface area (Å²) in [6.07, 6.45) is 7.24. The largest absolute Gasteiger partial charge is 0.394 e. The van der Waals surface area contributed by atoms with E-state index >= 15 is 0 Å². The summed E-state index contributed by atoms with van der Waals surface area (Å²) in [5.41, 5.74) is 4.57. The number of pyridine rings is 2. The number of benzene rings is 1. The van der Waals surface area contributed by atoms with Gasteiger partial charge in [-0.15, -0.1) is 5.10 Å². The van der Waals surface area contributed by atoms with Gasteiger partial charge in [-0.1, -0.05) is 29.5 Å². The maximum Gasteiger partial charge on any atom is 0.226 e. The Labute approximate surface area is 234 Å². The van der Waals surface area contributed by atoms with Crippen molar-refractivity contribution in [2.45, 2.75) is 51.4 Å². The lowest BCUT2D eigenvalue weighted by molar-refractivity contribution is -0.129. The predicted octanol–water partition coefficient (Wildman–Crippen LogP) is 2.78. The molecular formula is C30H37N7O3. The lowest BCUT2D eigenvalue weighted by Gasteiger charge is -2.20. The number of nitrogens with zero attached hydrogens (tertiary/aromatic N) is 7. The zero-order valence-electron chi connectivity index (χ0n) is 22.9. The van der Waals surface area contributed by atoms with Gasteiger partial charge in [0, 0.05) is 45.6 Å². The molecule has 1 amide bonds. The first-order chi connectivity index (χ1) is 19.5. The normalized spacial score (nSPS) is 12.0. The second-order valence-corrected chi connectivity index (χ2v) is 9.93. The van der Waals surface area contributed by atoms with Crippen molar-refractivity contribution in [1.29, 1.82) is 0 Å². The molecule has 0 aliphatic rings. The molecule has 0 radical (unpaired) electrons. The third-order valence-electron chi connectivity index (χ3n) is 6.62. The van der Waals surface area contributed by atoms with Crippen molar-refractivity contribution in [1.82, 2.24) is 34.8 Å². The van der Waals surface area contributed by atoms with Crippen LogP contribution in [0.3, 0.4) is 0 Å². The van der Waals surface area contributed by atoms with E-state index in [4.69, 9.17) is 5.11 Å². The zero-order valence-corrected chi connectivity index (χ0v) is 22.9. The Morgan fingerprint density at radius 3 is 2.15 bits per heavy atom. The number of unbranched alkanes of at least 4 members (excludes halogenated alkanes) is 1. The number of amides is 1. The lowest BCUT2D eigenvalue weighted by atomic mass is 10.1. The first kappa shape index (κ1) is 29.0. The summed E-state index contributed by atoms with van der Waals surface area (Å²) in [5, 5.41) is 27.1. The number of carbonyl (C=O) groups excluding carboxylic acids is 1. The third kappa shape index (κ3) is 9.04. The van der Waals surface area contributed by atoms with Gasteiger partial charge in [-0.2, -0.15) is 0 Å². The molecular weight excluding hydrogens is 506 g/mol. The van der Waals surface area contributed by atoms with Gasteiger partial charge < -0.3 is 15.1 Å². The maximum absolute atomic E-state index is 12.6. The molecule has 4 rings (SSSR count). The quantitative estimate of drug-likeness (QED) is 0.220. The number of rotatable bonds is 15. The Morgan fingerprint density at radius 2 is 1.55 bits per heavy atom. The summed E-state index contributed by atoms with van der Waals surface area (Å²) in [7, 11) is 1.79. The van der Waals surface area contributed by atoms with Crippen LogP contribution in [0.25, 0.3) is 5.69 Å². The van der Waals surface area contributed by atoms with E-state index in [1.54, 1.807) is 29.0 Å². The summed E-state index contributed by atoms with van der Waals surface area (Å²) in [6, 6.07) is 19.6. The molecule has 10 heteroatoms. The molecule has 0 bridgehead atoms. The smallest absolute Gasteiger partial charge is 0.226 e. The average Bonchev–Trinajstić information content (AvgIpc) is 3.44. The molecule has 3 aromatic heterocycles. The van der Waals surface area contributed by atoms with Crippen LogP contribution in [0.5, 0.6) is 0 Å². The van der Waals surface area contributed by atoms with Crippen molar-refractivity contribution in [2.24, 2.45) is 0 Å². The number of hydrogen-bond acceptors (Lipinski definition) is 8. The predicted molar refractivity (Wildman–Crippen MR) is 151 cm³/mol. The zero-order chi connectivity index (χ0) is 28.2. The summed E-state index contributed by atoms with van der Waals surface area (Å²) in [6.45, 7) is 2.30. The molecule has 0 saturated carbocycles. The first-order valence-corrected chi connectivity index (χ1v) is 13.6. The molecule has 40 heavy (non-hydrogen) atoms. The van der Waals surface area contributed by atoms with Gasteiger partial charge >= 0.3 is 0 Å².